The Morgan fingerprint density at radius 3 is 2.72 bits per heavy atom. The Bertz CT molecular complexity index is 545. The quantitative estimate of drug-likeness (QED) is 0.793. The molecule has 0 aliphatic heterocycles. The summed E-state index contributed by atoms with van der Waals surface area (Å²) >= 11 is 8.41. The van der Waals surface area contributed by atoms with Crippen LogP contribution in [-0.4, -0.2) is 7.11 Å². The molecule has 0 radical (unpaired) electrons. The van der Waals surface area contributed by atoms with E-state index in [4.69, 9.17) is 16.3 Å². The fourth-order valence-corrected chi connectivity index (χ4v) is 2.59. The van der Waals surface area contributed by atoms with Gasteiger partial charge in [0.2, 0.25) is 0 Å². The van der Waals surface area contributed by atoms with Crippen molar-refractivity contribution in [1.29, 1.82) is 0 Å². The standard InChI is InChI=1S/C14H13ClINO/c1-18-14-5-3-2-4-10(14)9-17-13-7-6-11(16)8-12(13)15/h2-8,17H,9H2,1H3. The van der Waals surface area contributed by atoms with Crippen LogP contribution in [0.4, 0.5) is 5.69 Å². The van der Waals surface area contributed by atoms with E-state index in [0.29, 0.717) is 6.54 Å². The zero-order valence-electron chi connectivity index (χ0n) is 9.91. The second kappa shape index (κ2) is 6.29. The number of hydrogen-bond donors (Lipinski definition) is 1. The minimum Gasteiger partial charge on any atom is -0.496 e. The number of rotatable bonds is 4. The highest BCUT2D eigenvalue weighted by atomic mass is 127. The minimum atomic E-state index is 0.685. The van der Waals surface area contributed by atoms with Crippen molar-refractivity contribution in [3.05, 3.63) is 56.6 Å². The molecule has 0 saturated heterocycles. The fourth-order valence-electron chi connectivity index (χ4n) is 1.67. The third-order valence-electron chi connectivity index (χ3n) is 2.59. The minimum absolute atomic E-state index is 0.685. The molecular weight excluding hydrogens is 361 g/mol. The molecule has 0 heterocycles. The summed E-state index contributed by atoms with van der Waals surface area (Å²) in [5.41, 5.74) is 2.04. The molecule has 0 saturated carbocycles. The summed E-state index contributed by atoms with van der Waals surface area (Å²) in [6, 6.07) is 13.9. The zero-order chi connectivity index (χ0) is 13.0. The number of halogens is 2. The van der Waals surface area contributed by atoms with Crippen molar-refractivity contribution in [2.45, 2.75) is 6.54 Å². The Morgan fingerprint density at radius 2 is 2.00 bits per heavy atom. The lowest BCUT2D eigenvalue weighted by molar-refractivity contribution is 0.410. The van der Waals surface area contributed by atoms with Gasteiger partial charge in [0.15, 0.2) is 0 Å². The number of nitrogens with one attached hydrogen (secondary N) is 1. The van der Waals surface area contributed by atoms with Crippen molar-refractivity contribution >= 4 is 39.9 Å². The summed E-state index contributed by atoms with van der Waals surface area (Å²) in [6.45, 7) is 0.685. The molecule has 2 aromatic carbocycles. The average Bonchev–Trinajstić information content (AvgIpc) is 2.38. The molecule has 0 aliphatic rings. The van der Waals surface area contributed by atoms with Crippen molar-refractivity contribution in [1.82, 2.24) is 0 Å². The molecule has 0 atom stereocenters. The van der Waals surface area contributed by atoms with Gasteiger partial charge in [0.1, 0.15) is 5.75 Å². The molecule has 0 bridgehead atoms. The first-order chi connectivity index (χ1) is 8.70. The van der Waals surface area contributed by atoms with Crippen molar-refractivity contribution in [3.8, 4) is 5.75 Å². The second-order valence-corrected chi connectivity index (χ2v) is 5.44. The lowest BCUT2D eigenvalue weighted by atomic mass is 10.2. The monoisotopic (exact) mass is 373 g/mol. The van der Waals surface area contributed by atoms with E-state index in [2.05, 4.69) is 27.9 Å². The Hall–Kier alpha value is -0.940. The van der Waals surface area contributed by atoms with E-state index in [1.807, 2.05) is 42.5 Å². The molecule has 2 nitrogen and oxygen atoms in total. The predicted octanol–water partition coefficient (Wildman–Crippen LogP) is 4.57. The van der Waals surface area contributed by atoms with Gasteiger partial charge in [0.05, 0.1) is 17.8 Å². The van der Waals surface area contributed by atoms with Crippen LogP contribution in [0.15, 0.2) is 42.5 Å². The van der Waals surface area contributed by atoms with E-state index < -0.39 is 0 Å². The molecule has 0 unspecified atom stereocenters. The zero-order valence-corrected chi connectivity index (χ0v) is 12.8. The van der Waals surface area contributed by atoms with Crippen LogP contribution in [0.3, 0.4) is 0 Å². The molecule has 94 valence electrons. The van der Waals surface area contributed by atoms with Gasteiger partial charge >= 0.3 is 0 Å². The molecule has 18 heavy (non-hydrogen) atoms. The topological polar surface area (TPSA) is 21.3 Å². The van der Waals surface area contributed by atoms with Crippen LogP contribution in [0.5, 0.6) is 5.75 Å². The third kappa shape index (κ3) is 3.29. The maximum atomic E-state index is 6.17. The normalized spacial score (nSPS) is 10.2. The highest BCUT2D eigenvalue weighted by molar-refractivity contribution is 14.1. The first kappa shape index (κ1) is 13.5. The van der Waals surface area contributed by atoms with Gasteiger partial charge in [-0.1, -0.05) is 29.8 Å². The average molecular weight is 374 g/mol. The second-order valence-electron chi connectivity index (χ2n) is 3.79. The first-order valence-electron chi connectivity index (χ1n) is 5.51. The highest BCUT2D eigenvalue weighted by Gasteiger charge is 2.04. The molecular formula is C14H13ClINO. The number of hydrogen-bond acceptors (Lipinski definition) is 2. The maximum Gasteiger partial charge on any atom is 0.123 e. The number of para-hydroxylation sites is 1. The van der Waals surface area contributed by atoms with Gasteiger partial charge in [-0.2, -0.15) is 0 Å². The summed E-state index contributed by atoms with van der Waals surface area (Å²) in [4.78, 5) is 0. The van der Waals surface area contributed by atoms with Crippen molar-refractivity contribution in [2.75, 3.05) is 12.4 Å². The van der Waals surface area contributed by atoms with Crippen molar-refractivity contribution < 1.29 is 4.74 Å². The summed E-state index contributed by atoms with van der Waals surface area (Å²) in [5, 5.41) is 4.05. The molecule has 0 amide bonds. The van der Waals surface area contributed by atoms with Crippen molar-refractivity contribution in [3.63, 3.8) is 0 Å². The number of anilines is 1. The number of ether oxygens (including phenoxy) is 1. The molecule has 4 heteroatoms. The van der Waals surface area contributed by atoms with E-state index in [0.717, 1.165) is 25.6 Å². The van der Waals surface area contributed by atoms with Crippen LogP contribution in [0.25, 0.3) is 0 Å². The van der Waals surface area contributed by atoms with Crippen LogP contribution >= 0.6 is 34.2 Å². The molecule has 0 fully saturated rings. The molecule has 0 aliphatic carbocycles. The SMILES string of the molecule is COc1ccccc1CNc1ccc(I)cc1Cl. The summed E-state index contributed by atoms with van der Waals surface area (Å²) in [5.74, 6) is 0.881. The summed E-state index contributed by atoms with van der Waals surface area (Å²) < 4.78 is 6.43. The van der Waals surface area contributed by atoms with Gasteiger partial charge < -0.3 is 10.1 Å². The van der Waals surface area contributed by atoms with E-state index in [1.54, 1.807) is 7.11 Å². The van der Waals surface area contributed by atoms with Gasteiger partial charge in [-0.25, -0.2) is 0 Å². The van der Waals surface area contributed by atoms with Crippen LogP contribution in [0.2, 0.25) is 5.02 Å². The van der Waals surface area contributed by atoms with Crippen LogP contribution in [0, 0.1) is 3.57 Å². The summed E-state index contributed by atoms with van der Waals surface area (Å²) in [6.07, 6.45) is 0. The van der Waals surface area contributed by atoms with Crippen LogP contribution < -0.4 is 10.1 Å². The van der Waals surface area contributed by atoms with E-state index >= 15 is 0 Å². The molecule has 2 aromatic rings. The van der Waals surface area contributed by atoms with E-state index in [1.165, 1.54) is 0 Å². The molecule has 2 rings (SSSR count). The van der Waals surface area contributed by atoms with Crippen LogP contribution in [0.1, 0.15) is 5.56 Å². The van der Waals surface area contributed by atoms with Crippen LogP contribution in [-0.2, 0) is 6.54 Å². The smallest absolute Gasteiger partial charge is 0.123 e. The lowest BCUT2D eigenvalue weighted by Gasteiger charge is -2.11. The summed E-state index contributed by atoms with van der Waals surface area (Å²) in [7, 11) is 1.68. The third-order valence-corrected chi connectivity index (χ3v) is 3.58. The fraction of sp³-hybridized carbons (Fsp3) is 0.143. The van der Waals surface area contributed by atoms with Gasteiger partial charge in [-0.3, -0.25) is 0 Å². The predicted molar refractivity (Wildman–Crippen MR) is 84.5 cm³/mol. The maximum absolute atomic E-state index is 6.17. The Labute approximate surface area is 125 Å². The molecule has 1 N–H and O–H groups in total. The lowest BCUT2D eigenvalue weighted by Crippen LogP contribution is -2.02. The van der Waals surface area contributed by atoms with Gasteiger partial charge in [-0.05, 0) is 46.9 Å². The number of methoxy groups -OCH3 is 1. The van der Waals surface area contributed by atoms with Gasteiger partial charge in [0, 0.05) is 15.7 Å². The van der Waals surface area contributed by atoms with Gasteiger partial charge in [-0.15, -0.1) is 0 Å². The highest BCUT2D eigenvalue weighted by Crippen LogP contribution is 2.25. The molecule has 0 aromatic heterocycles. The number of benzene rings is 2. The Morgan fingerprint density at radius 1 is 1.22 bits per heavy atom. The van der Waals surface area contributed by atoms with Crippen molar-refractivity contribution in [2.24, 2.45) is 0 Å². The Balaban J connectivity index is 2.11. The van der Waals surface area contributed by atoms with E-state index in [9.17, 15) is 0 Å². The van der Waals surface area contributed by atoms with E-state index in [-0.39, 0.29) is 0 Å². The Kier molecular flexibility index (Phi) is 4.72. The largest absolute Gasteiger partial charge is 0.496 e. The van der Waals surface area contributed by atoms with Gasteiger partial charge in [0.25, 0.3) is 0 Å². The molecule has 0 spiro atoms. The first-order valence-corrected chi connectivity index (χ1v) is 6.97.